The summed E-state index contributed by atoms with van der Waals surface area (Å²) in [5.41, 5.74) is 3.87. The van der Waals surface area contributed by atoms with Crippen molar-refractivity contribution in [1.29, 1.82) is 0 Å². The largest absolute Gasteiger partial charge is 0.459 e. The summed E-state index contributed by atoms with van der Waals surface area (Å²) in [6, 6.07) is 23.8. The zero-order chi connectivity index (χ0) is 23.7. The smallest absolute Gasteiger partial charge is 0.269 e. The lowest BCUT2D eigenvalue weighted by atomic mass is 10.0. The fourth-order valence-electron chi connectivity index (χ4n) is 4.23. The first-order chi connectivity index (χ1) is 16.5. The van der Waals surface area contributed by atoms with E-state index in [-0.39, 0.29) is 17.8 Å². The lowest BCUT2D eigenvalue weighted by Gasteiger charge is -2.26. The molecular weight excluding hydrogens is 448 g/mol. The third-order valence-electron chi connectivity index (χ3n) is 6.00. The zero-order valence-electron chi connectivity index (χ0n) is 18.4. The third-order valence-corrected chi connectivity index (χ3v) is 6.32. The molecular formula is C26H22N4O3S. The minimum atomic E-state index is -0.415. The van der Waals surface area contributed by atoms with Gasteiger partial charge in [0.15, 0.2) is 5.11 Å². The van der Waals surface area contributed by atoms with Gasteiger partial charge in [0.05, 0.1) is 16.7 Å². The van der Waals surface area contributed by atoms with E-state index in [9.17, 15) is 10.1 Å². The van der Waals surface area contributed by atoms with E-state index in [0.717, 1.165) is 29.1 Å². The summed E-state index contributed by atoms with van der Waals surface area (Å²) in [6.07, 6.45) is 2.72. The first-order valence-electron chi connectivity index (χ1n) is 11.0. The minimum absolute atomic E-state index is 0.0396. The molecule has 7 nitrogen and oxygen atoms in total. The lowest BCUT2D eigenvalue weighted by Crippen LogP contribution is -2.29. The predicted octanol–water partition coefficient (Wildman–Crippen LogP) is 5.99. The van der Waals surface area contributed by atoms with E-state index in [4.69, 9.17) is 16.6 Å². The van der Waals surface area contributed by atoms with Crippen LogP contribution in [0.3, 0.4) is 0 Å². The maximum atomic E-state index is 11.0. The number of nitro benzene ring substituents is 1. The summed E-state index contributed by atoms with van der Waals surface area (Å²) in [6.45, 7) is 2.12. The van der Waals surface area contributed by atoms with Gasteiger partial charge >= 0.3 is 0 Å². The monoisotopic (exact) mass is 470 g/mol. The third kappa shape index (κ3) is 4.04. The van der Waals surface area contributed by atoms with Crippen LogP contribution in [0, 0.1) is 10.1 Å². The van der Waals surface area contributed by atoms with Crippen LogP contribution in [0.2, 0.25) is 0 Å². The Labute approximate surface area is 202 Å². The Morgan fingerprint density at radius 1 is 1.06 bits per heavy atom. The first-order valence-corrected chi connectivity index (χ1v) is 11.4. The molecule has 2 aromatic heterocycles. The summed E-state index contributed by atoms with van der Waals surface area (Å²) in [4.78, 5) is 17.2. The van der Waals surface area contributed by atoms with Gasteiger partial charge in [-0.05, 0) is 72.7 Å². The number of hydrogen-bond donors (Lipinski definition) is 1. The van der Waals surface area contributed by atoms with Crippen molar-refractivity contribution in [3.05, 3.63) is 112 Å². The Morgan fingerprint density at radius 2 is 1.82 bits per heavy atom. The molecule has 8 heteroatoms. The van der Waals surface area contributed by atoms with E-state index in [1.807, 2.05) is 30.3 Å². The Hall–Kier alpha value is -4.04. The SMILES string of the molecule is CCc1ccc(N2C(=S)N[C@H](c3ccccn3)[C@@H]2c2ccc(-c3ccc([N+](=O)[O-])cc3)o2)cc1. The molecule has 170 valence electrons. The molecule has 3 heterocycles. The number of hydrogen-bond acceptors (Lipinski definition) is 5. The number of anilines is 1. The number of nitrogens with one attached hydrogen (secondary N) is 1. The summed E-state index contributed by atoms with van der Waals surface area (Å²) in [5.74, 6) is 1.35. The molecule has 0 bridgehead atoms. The van der Waals surface area contributed by atoms with Gasteiger partial charge in [0.25, 0.3) is 5.69 Å². The molecule has 4 aromatic rings. The molecule has 1 N–H and O–H groups in total. The number of furan rings is 1. The molecule has 0 radical (unpaired) electrons. The second kappa shape index (κ2) is 9.07. The van der Waals surface area contributed by atoms with Crippen molar-refractivity contribution in [1.82, 2.24) is 10.3 Å². The maximum absolute atomic E-state index is 11.0. The molecule has 0 amide bonds. The molecule has 0 aliphatic carbocycles. The number of non-ortho nitro benzene ring substituents is 1. The first kappa shape index (κ1) is 21.8. The molecule has 1 fully saturated rings. The lowest BCUT2D eigenvalue weighted by molar-refractivity contribution is -0.384. The fourth-order valence-corrected chi connectivity index (χ4v) is 4.57. The Kier molecular flexibility index (Phi) is 5.81. The maximum Gasteiger partial charge on any atom is 0.269 e. The molecule has 5 rings (SSSR count). The van der Waals surface area contributed by atoms with Crippen LogP contribution in [-0.2, 0) is 6.42 Å². The predicted molar refractivity (Wildman–Crippen MR) is 135 cm³/mol. The Balaban J connectivity index is 1.55. The normalized spacial score (nSPS) is 17.6. The van der Waals surface area contributed by atoms with E-state index in [1.54, 1.807) is 18.3 Å². The van der Waals surface area contributed by atoms with Crippen LogP contribution in [0.5, 0.6) is 0 Å². The van der Waals surface area contributed by atoms with Gasteiger partial charge in [-0.2, -0.15) is 0 Å². The summed E-state index contributed by atoms with van der Waals surface area (Å²) < 4.78 is 6.31. The minimum Gasteiger partial charge on any atom is -0.459 e. The van der Waals surface area contributed by atoms with Gasteiger partial charge < -0.3 is 14.6 Å². The van der Waals surface area contributed by atoms with Gasteiger partial charge in [0.2, 0.25) is 0 Å². The topological polar surface area (TPSA) is 84.4 Å². The number of nitro groups is 1. The number of nitrogens with zero attached hydrogens (tertiary/aromatic N) is 3. The van der Waals surface area contributed by atoms with E-state index < -0.39 is 4.92 Å². The van der Waals surface area contributed by atoms with E-state index in [2.05, 4.69) is 46.4 Å². The van der Waals surface area contributed by atoms with E-state index in [1.165, 1.54) is 17.7 Å². The number of aryl methyl sites for hydroxylation is 1. The highest BCUT2D eigenvalue weighted by Gasteiger charge is 2.42. The van der Waals surface area contributed by atoms with E-state index >= 15 is 0 Å². The van der Waals surface area contributed by atoms with Crippen molar-refractivity contribution in [2.75, 3.05) is 4.90 Å². The number of aromatic nitrogens is 1. The van der Waals surface area contributed by atoms with Gasteiger partial charge in [-0.3, -0.25) is 15.1 Å². The van der Waals surface area contributed by atoms with Gasteiger partial charge in [0.1, 0.15) is 17.6 Å². The van der Waals surface area contributed by atoms with Crippen molar-refractivity contribution in [2.45, 2.75) is 25.4 Å². The van der Waals surface area contributed by atoms with Crippen molar-refractivity contribution in [3.63, 3.8) is 0 Å². The van der Waals surface area contributed by atoms with Crippen molar-refractivity contribution >= 4 is 28.7 Å². The van der Waals surface area contributed by atoms with Crippen LogP contribution in [-0.4, -0.2) is 15.0 Å². The molecule has 1 aliphatic rings. The van der Waals surface area contributed by atoms with Crippen LogP contribution in [0.4, 0.5) is 11.4 Å². The second-order valence-corrected chi connectivity index (χ2v) is 8.41. The van der Waals surface area contributed by atoms with Crippen LogP contribution in [0.1, 0.15) is 36.0 Å². The molecule has 34 heavy (non-hydrogen) atoms. The number of benzene rings is 2. The molecule has 0 unspecified atom stereocenters. The molecule has 2 aromatic carbocycles. The van der Waals surface area contributed by atoms with Crippen LogP contribution < -0.4 is 10.2 Å². The highest BCUT2D eigenvalue weighted by Crippen LogP contribution is 2.43. The average Bonchev–Trinajstić information content (AvgIpc) is 3.49. The number of thiocarbonyl (C=S) groups is 1. The quantitative estimate of drug-likeness (QED) is 0.210. The molecule has 0 saturated carbocycles. The number of pyridine rings is 1. The average molecular weight is 471 g/mol. The summed E-state index contributed by atoms with van der Waals surface area (Å²) in [5, 5.41) is 15.0. The van der Waals surface area contributed by atoms with E-state index in [0.29, 0.717) is 10.9 Å². The molecule has 2 atom stereocenters. The molecule has 0 spiro atoms. The van der Waals surface area contributed by atoms with Crippen molar-refractivity contribution < 1.29 is 9.34 Å². The number of rotatable bonds is 6. The summed E-state index contributed by atoms with van der Waals surface area (Å²) in [7, 11) is 0. The van der Waals surface area contributed by atoms with Crippen LogP contribution in [0.25, 0.3) is 11.3 Å². The zero-order valence-corrected chi connectivity index (χ0v) is 19.2. The van der Waals surface area contributed by atoms with Gasteiger partial charge in [0, 0.05) is 29.6 Å². The summed E-state index contributed by atoms with van der Waals surface area (Å²) >= 11 is 5.76. The highest BCUT2D eigenvalue weighted by molar-refractivity contribution is 7.80. The fraction of sp³-hybridized carbons (Fsp3) is 0.154. The molecule has 1 aliphatic heterocycles. The van der Waals surface area contributed by atoms with Gasteiger partial charge in [-0.25, -0.2) is 0 Å². The van der Waals surface area contributed by atoms with Crippen molar-refractivity contribution in [2.24, 2.45) is 0 Å². The van der Waals surface area contributed by atoms with Gasteiger partial charge in [-0.1, -0.05) is 25.1 Å². The van der Waals surface area contributed by atoms with Crippen molar-refractivity contribution in [3.8, 4) is 11.3 Å². The Bertz CT molecular complexity index is 1320. The molecule has 1 saturated heterocycles. The van der Waals surface area contributed by atoms with Crippen LogP contribution >= 0.6 is 12.2 Å². The van der Waals surface area contributed by atoms with Gasteiger partial charge in [-0.15, -0.1) is 0 Å². The standard InChI is InChI=1S/C26H22N4O3S/c1-2-17-6-10-19(11-7-17)29-25(24(28-26(29)34)21-5-3-4-16-27-21)23-15-14-22(33-23)18-8-12-20(13-9-18)30(31)32/h3-16,24-25H,2H2,1H3,(H,28,34)/t24-,25+/m1/s1. The Morgan fingerprint density at radius 3 is 2.47 bits per heavy atom. The second-order valence-electron chi connectivity index (χ2n) is 8.02. The highest BCUT2D eigenvalue weighted by atomic mass is 32.1. The van der Waals surface area contributed by atoms with Crippen LogP contribution in [0.15, 0.2) is 89.5 Å².